The van der Waals surface area contributed by atoms with E-state index in [0.29, 0.717) is 0 Å². The van der Waals surface area contributed by atoms with Gasteiger partial charge in [-0.15, -0.1) is 0 Å². The minimum absolute atomic E-state index is 0.00694. The number of rotatable bonds is 3. The molecule has 4 heteroatoms. The van der Waals surface area contributed by atoms with Gasteiger partial charge in [0.2, 0.25) is 0 Å². The van der Waals surface area contributed by atoms with Crippen molar-refractivity contribution < 1.29 is 15.3 Å². The quantitative estimate of drug-likeness (QED) is 0.462. The molecule has 0 aliphatic carbocycles. The van der Waals surface area contributed by atoms with E-state index in [2.05, 4.69) is 0 Å². The van der Waals surface area contributed by atoms with Crippen LogP contribution in [0.15, 0.2) is 0 Å². The molecular weight excluding hydrogens is 171 g/mol. The van der Waals surface area contributed by atoms with Crippen molar-refractivity contribution >= 4 is 13.6 Å². The van der Waals surface area contributed by atoms with E-state index in [9.17, 15) is 0 Å². The van der Waals surface area contributed by atoms with Crippen LogP contribution in [0.4, 0.5) is 0 Å². The molecule has 0 radical (unpaired) electrons. The van der Waals surface area contributed by atoms with E-state index in [1.54, 1.807) is 5.71 Å². The zero-order valence-corrected chi connectivity index (χ0v) is 7.06. The second-order valence-corrected chi connectivity index (χ2v) is 11.9. The first-order valence-electron chi connectivity index (χ1n) is 2.51. The molecule has 0 saturated heterocycles. The molecule has 0 bridgehead atoms. The van der Waals surface area contributed by atoms with Gasteiger partial charge in [0.25, 0.3) is 0 Å². The van der Waals surface area contributed by atoms with E-state index in [-0.39, 0.29) is 16.2 Å². The molecule has 0 atom stereocenters. The second kappa shape index (κ2) is 3.46. The zero-order valence-electron chi connectivity index (χ0n) is 4.96. The Morgan fingerprint density at radius 2 is 1.25 bits per heavy atom. The van der Waals surface area contributed by atoms with Crippen molar-refractivity contribution in [2.75, 3.05) is 16.2 Å². The van der Waals surface area contributed by atoms with Crippen LogP contribution in [0.3, 0.4) is 0 Å². The van der Waals surface area contributed by atoms with Crippen molar-refractivity contribution in [2.24, 2.45) is 0 Å². The van der Waals surface area contributed by atoms with Crippen LogP contribution in [-0.2, 0) is 0 Å². The summed E-state index contributed by atoms with van der Waals surface area (Å²) in [5.41, 5.74) is 1.79. The molecule has 0 unspecified atom stereocenters. The van der Waals surface area contributed by atoms with Crippen molar-refractivity contribution in [1.29, 1.82) is 0 Å². The molecule has 0 aromatic rings. The Morgan fingerprint density at radius 3 is 1.25 bits per heavy atom. The Balaban J connectivity index is 3.58. The van der Waals surface area contributed by atoms with Crippen LogP contribution < -0.4 is 0 Å². The van der Waals surface area contributed by atoms with Gasteiger partial charge in [0, 0.05) is 0 Å². The van der Waals surface area contributed by atoms with Crippen LogP contribution in [0.1, 0.15) is 0 Å². The summed E-state index contributed by atoms with van der Waals surface area (Å²) >= 11 is -2.46. The molecule has 0 aromatic carbocycles. The molecule has 3 N–H and O–H groups in total. The van der Waals surface area contributed by atoms with Crippen molar-refractivity contribution in [3.8, 4) is 0 Å². The summed E-state index contributed by atoms with van der Waals surface area (Å²) in [7, 11) is 0. The molecule has 3 nitrogen and oxygen atoms in total. The number of aliphatic hydroxyl groups excluding tert-OH is 3. The van der Waals surface area contributed by atoms with Gasteiger partial charge >= 0.3 is 50.8 Å². The van der Waals surface area contributed by atoms with Crippen LogP contribution >= 0.6 is 0 Å². The van der Waals surface area contributed by atoms with Crippen molar-refractivity contribution in [3.05, 3.63) is 0 Å². The van der Waals surface area contributed by atoms with E-state index in [4.69, 9.17) is 15.3 Å². The van der Waals surface area contributed by atoms with E-state index in [1.165, 1.54) is 0 Å². The standard InChI is InChI=1S/C4H13AsO3/c1-5(2-6,3-7)4-8/h5-8H,2-4H2,1H3. The summed E-state index contributed by atoms with van der Waals surface area (Å²) < 4.78 is 0. The molecule has 0 aliphatic rings. The normalized spacial score (nSPS) is 14.0. The Bertz CT molecular complexity index is 54.0. The fraction of sp³-hybridized carbons (Fsp3) is 1.00. The number of aliphatic hydroxyl groups is 3. The van der Waals surface area contributed by atoms with Crippen LogP contribution in [0.25, 0.3) is 0 Å². The van der Waals surface area contributed by atoms with Crippen molar-refractivity contribution in [2.45, 2.75) is 5.71 Å². The van der Waals surface area contributed by atoms with Crippen LogP contribution in [-0.4, -0.2) is 45.1 Å². The van der Waals surface area contributed by atoms with E-state index in [0.717, 1.165) is 0 Å². The van der Waals surface area contributed by atoms with E-state index < -0.39 is 13.6 Å². The Kier molecular flexibility index (Phi) is 3.65. The first-order valence-corrected chi connectivity index (χ1v) is 9.06. The SMILES string of the molecule is C[AsH](CO)(CO)CO. The topological polar surface area (TPSA) is 60.7 Å². The van der Waals surface area contributed by atoms with Crippen LogP contribution in [0.2, 0.25) is 5.71 Å². The summed E-state index contributed by atoms with van der Waals surface area (Å²) in [6.07, 6.45) is 0. The molecule has 0 heterocycles. The molecule has 0 rings (SSSR count). The van der Waals surface area contributed by atoms with E-state index >= 15 is 0 Å². The van der Waals surface area contributed by atoms with Crippen molar-refractivity contribution in [3.63, 3.8) is 0 Å². The summed E-state index contributed by atoms with van der Waals surface area (Å²) in [6, 6.07) is 0. The van der Waals surface area contributed by atoms with Gasteiger partial charge in [-0.2, -0.15) is 0 Å². The molecule has 52 valence electrons. The van der Waals surface area contributed by atoms with Gasteiger partial charge in [-0.1, -0.05) is 0 Å². The Morgan fingerprint density at radius 1 is 1.00 bits per heavy atom. The fourth-order valence-corrected chi connectivity index (χ4v) is 0.779. The maximum atomic E-state index is 8.55. The van der Waals surface area contributed by atoms with Gasteiger partial charge < -0.3 is 0 Å². The summed E-state index contributed by atoms with van der Waals surface area (Å²) in [5, 5.41) is 25.7. The molecule has 0 spiro atoms. The molecule has 8 heavy (non-hydrogen) atoms. The molecular formula is C4H13AsO3. The summed E-state index contributed by atoms with van der Waals surface area (Å²) in [5.74, 6) is 0. The first kappa shape index (κ1) is 8.44. The Labute approximate surface area is 51.4 Å². The summed E-state index contributed by atoms with van der Waals surface area (Å²) in [4.78, 5) is 0. The molecule has 0 aromatic heterocycles. The van der Waals surface area contributed by atoms with Gasteiger partial charge in [-0.25, -0.2) is 0 Å². The average molecular weight is 184 g/mol. The molecule has 0 fully saturated rings. The molecule has 0 aliphatic heterocycles. The van der Waals surface area contributed by atoms with Gasteiger partial charge in [0.05, 0.1) is 0 Å². The predicted octanol–water partition coefficient (Wildman–Crippen LogP) is -1.61. The van der Waals surface area contributed by atoms with E-state index in [1.807, 2.05) is 0 Å². The average Bonchev–Trinajstić information content (AvgIpc) is 1.87. The number of hydrogen-bond donors (Lipinski definition) is 3. The fourth-order valence-electron chi connectivity index (χ4n) is 0.150. The third-order valence-corrected chi connectivity index (χ3v) is 5.95. The minimum atomic E-state index is -2.46. The third-order valence-electron chi connectivity index (χ3n) is 1.15. The second-order valence-electron chi connectivity index (χ2n) is 2.29. The monoisotopic (exact) mass is 184 g/mol. The van der Waals surface area contributed by atoms with Crippen molar-refractivity contribution in [1.82, 2.24) is 0 Å². The first-order chi connectivity index (χ1) is 3.68. The Hall–Kier alpha value is 0.438. The number of hydrogen-bond acceptors (Lipinski definition) is 3. The van der Waals surface area contributed by atoms with Gasteiger partial charge in [0.15, 0.2) is 0 Å². The van der Waals surface area contributed by atoms with Gasteiger partial charge in [-0.05, 0) is 0 Å². The van der Waals surface area contributed by atoms with Crippen LogP contribution in [0, 0.1) is 0 Å². The predicted molar refractivity (Wildman–Crippen MR) is 34.3 cm³/mol. The summed E-state index contributed by atoms with van der Waals surface area (Å²) in [6.45, 7) is 0. The third kappa shape index (κ3) is 2.14. The zero-order chi connectivity index (χ0) is 6.62. The van der Waals surface area contributed by atoms with Crippen LogP contribution in [0.5, 0.6) is 0 Å². The van der Waals surface area contributed by atoms with Gasteiger partial charge in [-0.3, -0.25) is 0 Å². The molecule has 0 amide bonds. The van der Waals surface area contributed by atoms with Gasteiger partial charge in [0.1, 0.15) is 0 Å². The molecule has 0 saturated carbocycles. The maximum absolute atomic E-state index is 8.55.